The molecule has 0 N–H and O–H groups in total. The molecule has 0 radical (unpaired) electrons. The van der Waals surface area contributed by atoms with E-state index in [1.165, 1.54) is 13.0 Å². The van der Waals surface area contributed by atoms with Crippen LogP contribution in [0, 0.1) is 12.7 Å². The summed E-state index contributed by atoms with van der Waals surface area (Å²) in [5.41, 5.74) is 0.122. The second kappa shape index (κ2) is 3.44. The first-order valence-electron chi connectivity index (χ1n) is 3.23. The number of hydrogen-bond donors (Lipinski definition) is 0. The van der Waals surface area contributed by atoms with E-state index in [1.54, 1.807) is 0 Å². The lowest BCUT2D eigenvalue weighted by molar-refractivity contribution is 0.573. The van der Waals surface area contributed by atoms with Crippen molar-refractivity contribution in [2.24, 2.45) is 0 Å². The Balaban J connectivity index is 3.62. The Hall–Kier alpha value is -0.320. The highest BCUT2D eigenvalue weighted by Crippen LogP contribution is 2.28. The number of hydrogen-bond acceptors (Lipinski definition) is 2. The molecule has 0 aliphatic carbocycles. The second-order valence-corrected chi connectivity index (χ2v) is 5.33. The van der Waals surface area contributed by atoms with E-state index in [2.05, 4.69) is 0 Å². The van der Waals surface area contributed by atoms with E-state index < -0.39 is 19.8 Å². The molecule has 0 aliphatic heterocycles. The van der Waals surface area contributed by atoms with Gasteiger partial charge in [-0.1, -0.05) is 11.6 Å². The first kappa shape index (κ1) is 10.8. The van der Waals surface area contributed by atoms with Gasteiger partial charge >= 0.3 is 0 Å². The molecule has 13 heavy (non-hydrogen) atoms. The maximum Gasteiger partial charge on any atom is 0.264 e. The molecular weight excluding hydrogens is 238 g/mol. The highest BCUT2D eigenvalue weighted by atomic mass is 35.7. The molecule has 0 heterocycles. The van der Waals surface area contributed by atoms with Crippen LogP contribution in [0.5, 0.6) is 0 Å². The van der Waals surface area contributed by atoms with Crippen LogP contribution in [0.1, 0.15) is 5.56 Å². The van der Waals surface area contributed by atoms with Gasteiger partial charge in [0, 0.05) is 15.7 Å². The van der Waals surface area contributed by atoms with Gasteiger partial charge in [0.2, 0.25) is 0 Å². The van der Waals surface area contributed by atoms with Crippen LogP contribution in [0.3, 0.4) is 0 Å². The SMILES string of the molecule is Cc1c(Cl)ccc(F)c1S(=O)(=O)Cl. The van der Waals surface area contributed by atoms with Gasteiger partial charge < -0.3 is 0 Å². The van der Waals surface area contributed by atoms with Gasteiger partial charge in [-0.3, -0.25) is 0 Å². The van der Waals surface area contributed by atoms with Crippen LogP contribution in [0.15, 0.2) is 17.0 Å². The molecule has 0 aromatic heterocycles. The van der Waals surface area contributed by atoms with Crippen molar-refractivity contribution in [2.75, 3.05) is 0 Å². The summed E-state index contributed by atoms with van der Waals surface area (Å²) in [4.78, 5) is -0.554. The third kappa shape index (κ3) is 2.13. The van der Waals surface area contributed by atoms with Crippen molar-refractivity contribution >= 4 is 31.3 Å². The number of halogens is 3. The summed E-state index contributed by atoms with van der Waals surface area (Å²) >= 11 is 5.60. The van der Waals surface area contributed by atoms with Crippen molar-refractivity contribution in [2.45, 2.75) is 11.8 Å². The third-order valence-electron chi connectivity index (χ3n) is 1.54. The Morgan fingerprint density at radius 2 is 1.92 bits per heavy atom. The fourth-order valence-corrected chi connectivity index (χ4v) is 2.49. The monoisotopic (exact) mass is 242 g/mol. The summed E-state index contributed by atoms with van der Waals surface area (Å²) in [5.74, 6) is -0.892. The van der Waals surface area contributed by atoms with Crippen LogP contribution < -0.4 is 0 Å². The van der Waals surface area contributed by atoms with Crippen molar-refractivity contribution in [3.63, 3.8) is 0 Å². The Labute approximate surface area is 84.7 Å². The van der Waals surface area contributed by atoms with Crippen LogP contribution in [0.4, 0.5) is 4.39 Å². The zero-order valence-corrected chi connectivity index (χ0v) is 8.84. The maximum atomic E-state index is 13.0. The van der Waals surface area contributed by atoms with E-state index in [4.69, 9.17) is 22.3 Å². The summed E-state index contributed by atoms with van der Waals surface area (Å²) in [6.07, 6.45) is 0. The molecule has 0 saturated heterocycles. The summed E-state index contributed by atoms with van der Waals surface area (Å²) in [6.45, 7) is 1.39. The van der Waals surface area contributed by atoms with Gasteiger partial charge in [-0.05, 0) is 24.6 Å². The average molecular weight is 243 g/mol. The van der Waals surface area contributed by atoms with Gasteiger partial charge in [0.15, 0.2) is 0 Å². The lowest BCUT2D eigenvalue weighted by atomic mass is 10.2. The molecule has 0 unspecified atom stereocenters. The highest BCUT2D eigenvalue weighted by Gasteiger charge is 2.20. The Morgan fingerprint density at radius 3 is 2.31 bits per heavy atom. The summed E-state index contributed by atoms with van der Waals surface area (Å²) in [6, 6.07) is 2.24. The second-order valence-electron chi connectivity index (χ2n) is 2.42. The van der Waals surface area contributed by atoms with Gasteiger partial charge in [-0.25, -0.2) is 12.8 Å². The van der Waals surface area contributed by atoms with Gasteiger partial charge in [0.05, 0.1) is 0 Å². The van der Waals surface area contributed by atoms with E-state index in [9.17, 15) is 12.8 Å². The third-order valence-corrected chi connectivity index (χ3v) is 3.40. The van der Waals surface area contributed by atoms with E-state index in [0.717, 1.165) is 6.07 Å². The van der Waals surface area contributed by atoms with Crippen LogP contribution in [-0.4, -0.2) is 8.42 Å². The fourth-order valence-electron chi connectivity index (χ4n) is 0.934. The maximum absolute atomic E-state index is 13.0. The summed E-state index contributed by atoms with van der Waals surface area (Å²) in [7, 11) is 0.941. The first-order valence-corrected chi connectivity index (χ1v) is 5.92. The minimum atomic E-state index is -4.07. The van der Waals surface area contributed by atoms with E-state index in [-0.39, 0.29) is 10.6 Å². The molecule has 0 saturated carbocycles. The molecule has 1 aromatic rings. The van der Waals surface area contributed by atoms with Gasteiger partial charge in [-0.15, -0.1) is 0 Å². The predicted octanol–water partition coefficient (Wildman–Crippen LogP) is 2.72. The lowest BCUT2D eigenvalue weighted by Gasteiger charge is -2.04. The minimum Gasteiger partial charge on any atom is -0.207 e. The Kier molecular flexibility index (Phi) is 2.85. The normalized spacial score (nSPS) is 11.7. The summed E-state index contributed by atoms with van der Waals surface area (Å²) < 4.78 is 34.8. The predicted molar refractivity (Wildman–Crippen MR) is 49.2 cm³/mol. The van der Waals surface area contributed by atoms with Crippen molar-refractivity contribution in [1.82, 2.24) is 0 Å². The molecule has 0 bridgehead atoms. The first-order chi connectivity index (χ1) is 5.84. The van der Waals surface area contributed by atoms with Crippen molar-refractivity contribution in [3.05, 3.63) is 28.5 Å². The number of benzene rings is 1. The molecule has 0 amide bonds. The Morgan fingerprint density at radius 1 is 1.38 bits per heavy atom. The van der Waals surface area contributed by atoms with Gasteiger partial charge in [0.1, 0.15) is 10.7 Å². The molecule has 6 heteroatoms. The van der Waals surface area contributed by atoms with Crippen molar-refractivity contribution in [3.8, 4) is 0 Å². The van der Waals surface area contributed by atoms with Crippen molar-refractivity contribution < 1.29 is 12.8 Å². The standard InChI is InChI=1S/C7H5Cl2FO2S/c1-4-5(8)2-3-6(10)7(4)13(9,11)12/h2-3H,1H3. The smallest absolute Gasteiger partial charge is 0.207 e. The Bertz CT molecular complexity index is 442. The molecule has 1 rings (SSSR count). The molecule has 0 aliphatic rings. The minimum absolute atomic E-state index is 0.122. The van der Waals surface area contributed by atoms with E-state index in [1.807, 2.05) is 0 Å². The fraction of sp³-hybridized carbons (Fsp3) is 0.143. The van der Waals surface area contributed by atoms with Crippen LogP contribution in [0.25, 0.3) is 0 Å². The molecule has 1 aromatic carbocycles. The molecule has 0 fully saturated rings. The molecule has 0 atom stereocenters. The largest absolute Gasteiger partial charge is 0.264 e. The van der Waals surface area contributed by atoms with Gasteiger partial charge in [0.25, 0.3) is 9.05 Å². The van der Waals surface area contributed by atoms with Crippen LogP contribution >= 0.6 is 22.3 Å². The topological polar surface area (TPSA) is 34.1 Å². The molecular formula is C7H5Cl2FO2S. The lowest BCUT2D eigenvalue weighted by Crippen LogP contribution is -1.99. The average Bonchev–Trinajstić information content (AvgIpc) is 1.95. The van der Waals surface area contributed by atoms with Crippen molar-refractivity contribution in [1.29, 1.82) is 0 Å². The quantitative estimate of drug-likeness (QED) is 0.710. The van der Waals surface area contributed by atoms with Gasteiger partial charge in [-0.2, -0.15) is 0 Å². The van der Waals surface area contributed by atoms with E-state index >= 15 is 0 Å². The van der Waals surface area contributed by atoms with Crippen LogP contribution in [-0.2, 0) is 9.05 Å². The molecule has 72 valence electrons. The zero-order chi connectivity index (χ0) is 10.2. The molecule has 2 nitrogen and oxygen atoms in total. The van der Waals surface area contributed by atoms with E-state index in [0.29, 0.717) is 0 Å². The van der Waals surface area contributed by atoms with Crippen LogP contribution in [0.2, 0.25) is 5.02 Å². The zero-order valence-electron chi connectivity index (χ0n) is 6.51. The highest BCUT2D eigenvalue weighted by molar-refractivity contribution is 8.13. The summed E-state index contributed by atoms with van der Waals surface area (Å²) in [5, 5.41) is 0.167. The molecule has 0 spiro atoms. The number of rotatable bonds is 1.